The zero-order valence-electron chi connectivity index (χ0n) is 10.4. The maximum Gasteiger partial charge on any atom is 0.293 e. The molecule has 0 aliphatic heterocycles. The molecular formula is C11H19N3O2. The Labute approximate surface area is 95.7 Å². The van der Waals surface area contributed by atoms with Crippen molar-refractivity contribution in [3.05, 3.63) is 18.0 Å². The number of nitrogens with zero attached hydrogens (tertiary/aromatic N) is 2. The van der Waals surface area contributed by atoms with Crippen LogP contribution in [0.15, 0.2) is 12.3 Å². The first-order valence-electron chi connectivity index (χ1n) is 5.33. The van der Waals surface area contributed by atoms with Gasteiger partial charge >= 0.3 is 0 Å². The minimum absolute atomic E-state index is 0.144. The van der Waals surface area contributed by atoms with Gasteiger partial charge in [0, 0.05) is 12.2 Å². The molecule has 5 nitrogen and oxygen atoms in total. The molecule has 0 saturated carbocycles. The van der Waals surface area contributed by atoms with Crippen LogP contribution in [0.4, 0.5) is 0 Å². The lowest BCUT2D eigenvalue weighted by Crippen LogP contribution is -2.34. The van der Waals surface area contributed by atoms with Gasteiger partial charge in [0.25, 0.3) is 5.91 Å². The van der Waals surface area contributed by atoms with Crippen LogP contribution in [0.25, 0.3) is 0 Å². The monoisotopic (exact) mass is 225 g/mol. The van der Waals surface area contributed by atoms with Crippen molar-refractivity contribution in [2.24, 2.45) is 0 Å². The lowest BCUT2D eigenvalue weighted by molar-refractivity contribution is -0.0593. The molecule has 0 atom stereocenters. The second-order valence-corrected chi connectivity index (χ2v) is 4.90. The van der Waals surface area contributed by atoms with E-state index < -0.39 is 5.60 Å². The van der Waals surface area contributed by atoms with Crippen LogP contribution >= 0.6 is 0 Å². The molecule has 1 aromatic rings. The van der Waals surface area contributed by atoms with Crippen molar-refractivity contribution in [2.75, 3.05) is 0 Å². The summed E-state index contributed by atoms with van der Waals surface area (Å²) < 4.78 is 1.65. The molecule has 5 heteroatoms. The highest BCUT2D eigenvalue weighted by atomic mass is 16.7. The van der Waals surface area contributed by atoms with E-state index >= 15 is 0 Å². The average molecular weight is 225 g/mol. The molecule has 0 saturated heterocycles. The predicted molar refractivity (Wildman–Crippen MR) is 60.9 cm³/mol. The maximum absolute atomic E-state index is 11.8. The predicted octanol–water partition coefficient (Wildman–Crippen LogP) is 1.92. The topological polar surface area (TPSA) is 56.2 Å². The fourth-order valence-electron chi connectivity index (χ4n) is 1.16. The minimum atomic E-state index is -0.404. The minimum Gasteiger partial charge on any atom is -0.268 e. The molecule has 16 heavy (non-hydrogen) atoms. The molecule has 0 unspecified atom stereocenters. The number of aromatic nitrogens is 2. The van der Waals surface area contributed by atoms with Gasteiger partial charge in [-0.15, -0.1) is 0 Å². The Balaban J connectivity index is 2.70. The quantitative estimate of drug-likeness (QED) is 0.800. The summed E-state index contributed by atoms with van der Waals surface area (Å²) in [4.78, 5) is 17.0. The van der Waals surface area contributed by atoms with E-state index in [9.17, 15) is 4.79 Å². The number of carbonyl (C=O) groups is 1. The van der Waals surface area contributed by atoms with E-state index in [-0.39, 0.29) is 11.9 Å². The van der Waals surface area contributed by atoms with Crippen LogP contribution in [0.5, 0.6) is 0 Å². The first-order valence-corrected chi connectivity index (χ1v) is 5.33. The van der Waals surface area contributed by atoms with Crippen molar-refractivity contribution < 1.29 is 9.63 Å². The average Bonchev–Trinajstić information content (AvgIpc) is 2.61. The van der Waals surface area contributed by atoms with E-state index in [0.717, 1.165) is 0 Å². The van der Waals surface area contributed by atoms with E-state index in [4.69, 9.17) is 4.84 Å². The molecule has 1 amide bonds. The van der Waals surface area contributed by atoms with Gasteiger partial charge in [-0.3, -0.25) is 14.3 Å². The number of hydroxylamine groups is 1. The van der Waals surface area contributed by atoms with Crippen molar-refractivity contribution >= 4 is 5.91 Å². The lowest BCUT2D eigenvalue weighted by atomic mass is 10.2. The standard InChI is InChI=1S/C11H19N3O2/c1-8(2)14-9(6-7-12-14)10(15)13-16-11(3,4)5/h6-8H,1-5H3,(H,13,15). The number of hydrogen-bond acceptors (Lipinski definition) is 3. The lowest BCUT2D eigenvalue weighted by Gasteiger charge is -2.19. The molecule has 0 aromatic carbocycles. The largest absolute Gasteiger partial charge is 0.293 e. The van der Waals surface area contributed by atoms with Gasteiger partial charge in [-0.1, -0.05) is 0 Å². The smallest absolute Gasteiger partial charge is 0.268 e. The third kappa shape index (κ3) is 3.34. The summed E-state index contributed by atoms with van der Waals surface area (Å²) in [7, 11) is 0. The summed E-state index contributed by atoms with van der Waals surface area (Å²) in [5, 5.41) is 4.08. The summed E-state index contributed by atoms with van der Waals surface area (Å²) in [5.74, 6) is -0.277. The van der Waals surface area contributed by atoms with Crippen molar-refractivity contribution in [1.29, 1.82) is 0 Å². The fraction of sp³-hybridized carbons (Fsp3) is 0.636. The molecule has 0 radical (unpaired) electrons. The summed E-state index contributed by atoms with van der Waals surface area (Å²) in [5.41, 5.74) is 2.52. The highest BCUT2D eigenvalue weighted by Gasteiger charge is 2.17. The highest BCUT2D eigenvalue weighted by molar-refractivity contribution is 5.91. The van der Waals surface area contributed by atoms with Crippen LogP contribution in [-0.4, -0.2) is 21.3 Å². The molecule has 1 heterocycles. The molecule has 1 N–H and O–H groups in total. The van der Waals surface area contributed by atoms with E-state index in [2.05, 4.69) is 10.6 Å². The van der Waals surface area contributed by atoms with E-state index in [1.165, 1.54) is 0 Å². The third-order valence-electron chi connectivity index (χ3n) is 1.84. The van der Waals surface area contributed by atoms with Crippen molar-refractivity contribution in [2.45, 2.75) is 46.3 Å². The number of rotatable bonds is 3. The maximum atomic E-state index is 11.8. The van der Waals surface area contributed by atoms with E-state index in [1.807, 2.05) is 34.6 Å². The van der Waals surface area contributed by atoms with Gasteiger partial charge in [0.05, 0.1) is 5.60 Å². The summed E-state index contributed by atoms with van der Waals surface area (Å²) in [6.07, 6.45) is 1.60. The Morgan fingerprint density at radius 1 is 1.50 bits per heavy atom. The molecule has 1 rings (SSSR count). The Hall–Kier alpha value is -1.36. The van der Waals surface area contributed by atoms with Gasteiger partial charge in [-0.25, -0.2) is 5.48 Å². The van der Waals surface area contributed by atoms with Gasteiger partial charge < -0.3 is 0 Å². The summed E-state index contributed by atoms with van der Waals surface area (Å²) >= 11 is 0. The first-order chi connectivity index (χ1) is 7.31. The summed E-state index contributed by atoms with van der Waals surface area (Å²) in [6, 6.07) is 1.81. The summed E-state index contributed by atoms with van der Waals surface area (Å²) in [6.45, 7) is 9.54. The van der Waals surface area contributed by atoms with Crippen LogP contribution in [0.3, 0.4) is 0 Å². The second-order valence-electron chi connectivity index (χ2n) is 4.90. The molecule has 0 aliphatic carbocycles. The van der Waals surface area contributed by atoms with Crippen LogP contribution in [-0.2, 0) is 4.84 Å². The molecule has 1 aromatic heterocycles. The number of amides is 1. The molecule has 0 bridgehead atoms. The van der Waals surface area contributed by atoms with Gasteiger partial charge in [-0.2, -0.15) is 5.10 Å². The normalized spacial score (nSPS) is 11.9. The van der Waals surface area contributed by atoms with Crippen LogP contribution in [0.2, 0.25) is 0 Å². The third-order valence-corrected chi connectivity index (χ3v) is 1.84. The van der Waals surface area contributed by atoms with Gasteiger partial charge in [0.1, 0.15) is 5.69 Å². The van der Waals surface area contributed by atoms with Gasteiger partial charge in [-0.05, 0) is 40.7 Å². The number of carbonyl (C=O) groups excluding carboxylic acids is 1. The fourth-order valence-corrected chi connectivity index (χ4v) is 1.16. The molecule has 0 spiro atoms. The zero-order valence-corrected chi connectivity index (χ0v) is 10.4. The highest BCUT2D eigenvalue weighted by Crippen LogP contribution is 2.09. The SMILES string of the molecule is CC(C)n1nccc1C(=O)NOC(C)(C)C. The Kier molecular flexibility index (Phi) is 3.70. The van der Waals surface area contributed by atoms with Gasteiger partial charge in [0.15, 0.2) is 0 Å². The van der Waals surface area contributed by atoms with Crippen LogP contribution in [0.1, 0.15) is 51.1 Å². The number of nitrogens with one attached hydrogen (secondary N) is 1. The van der Waals surface area contributed by atoms with Gasteiger partial charge in [0.2, 0.25) is 0 Å². The van der Waals surface area contributed by atoms with Crippen molar-refractivity contribution in [3.8, 4) is 0 Å². The molecule has 90 valence electrons. The molecular weight excluding hydrogens is 206 g/mol. The molecule has 0 fully saturated rings. The van der Waals surface area contributed by atoms with Crippen LogP contribution < -0.4 is 5.48 Å². The van der Waals surface area contributed by atoms with E-state index in [0.29, 0.717) is 5.69 Å². The van der Waals surface area contributed by atoms with Crippen LogP contribution in [0, 0.1) is 0 Å². The second kappa shape index (κ2) is 4.65. The van der Waals surface area contributed by atoms with Crippen molar-refractivity contribution in [1.82, 2.24) is 15.3 Å². The zero-order chi connectivity index (χ0) is 12.3. The Morgan fingerprint density at radius 3 is 2.62 bits per heavy atom. The first kappa shape index (κ1) is 12.7. The molecule has 0 aliphatic rings. The van der Waals surface area contributed by atoms with E-state index in [1.54, 1.807) is 16.9 Å². The van der Waals surface area contributed by atoms with Crippen molar-refractivity contribution in [3.63, 3.8) is 0 Å². The Bertz CT molecular complexity index is 364. The number of hydrogen-bond donors (Lipinski definition) is 1. The Morgan fingerprint density at radius 2 is 2.12 bits per heavy atom.